The summed E-state index contributed by atoms with van der Waals surface area (Å²) in [4.78, 5) is 0. The van der Waals surface area contributed by atoms with Crippen LogP contribution in [0.1, 0.15) is 36.1 Å². The quantitative estimate of drug-likeness (QED) is 0.675. The number of hydrogen-bond donors (Lipinski definition) is 1. The van der Waals surface area contributed by atoms with Crippen molar-refractivity contribution in [2.75, 3.05) is 0 Å². The van der Waals surface area contributed by atoms with Gasteiger partial charge in [0.2, 0.25) is 0 Å². The Bertz CT molecular complexity index is 551. The van der Waals surface area contributed by atoms with Gasteiger partial charge in [0.1, 0.15) is 0 Å². The van der Waals surface area contributed by atoms with Gasteiger partial charge in [-0.15, -0.1) is 0 Å². The SMILES string of the molecule is CCCc1ccc(C(N)c2cc(I)ccc2Br)cc1. The summed E-state index contributed by atoms with van der Waals surface area (Å²) in [5.41, 5.74) is 10.0. The van der Waals surface area contributed by atoms with Crippen molar-refractivity contribution >= 4 is 38.5 Å². The lowest BCUT2D eigenvalue weighted by atomic mass is 9.98. The standard InChI is InChI=1S/C16H17BrIN/c1-2-3-11-4-6-12(7-5-11)16(19)14-10-13(18)8-9-15(14)17/h4-10,16H,2-3,19H2,1H3. The molecule has 100 valence electrons. The van der Waals surface area contributed by atoms with Gasteiger partial charge >= 0.3 is 0 Å². The summed E-state index contributed by atoms with van der Waals surface area (Å²) in [7, 11) is 0. The van der Waals surface area contributed by atoms with Crippen molar-refractivity contribution in [1.29, 1.82) is 0 Å². The molecule has 0 aliphatic rings. The smallest absolute Gasteiger partial charge is 0.0563 e. The highest BCUT2D eigenvalue weighted by atomic mass is 127. The zero-order valence-corrected chi connectivity index (χ0v) is 14.6. The van der Waals surface area contributed by atoms with Gasteiger partial charge in [-0.25, -0.2) is 0 Å². The molecule has 0 aromatic heterocycles. The van der Waals surface area contributed by atoms with E-state index in [1.807, 2.05) is 0 Å². The Balaban J connectivity index is 2.27. The van der Waals surface area contributed by atoms with E-state index >= 15 is 0 Å². The van der Waals surface area contributed by atoms with E-state index in [1.165, 1.54) is 15.6 Å². The highest BCUT2D eigenvalue weighted by Crippen LogP contribution is 2.28. The molecule has 2 rings (SSSR count). The lowest BCUT2D eigenvalue weighted by Crippen LogP contribution is -2.12. The largest absolute Gasteiger partial charge is 0.320 e. The molecule has 0 saturated heterocycles. The van der Waals surface area contributed by atoms with Crippen LogP contribution in [0.5, 0.6) is 0 Å². The van der Waals surface area contributed by atoms with Crippen LogP contribution < -0.4 is 5.73 Å². The number of benzene rings is 2. The maximum atomic E-state index is 6.38. The van der Waals surface area contributed by atoms with Crippen molar-refractivity contribution in [1.82, 2.24) is 0 Å². The molecule has 0 radical (unpaired) electrons. The molecule has 0 heterocycles. The fourth-order valence-corrected chi connectivity index (χ4v) is 3.12. The summed E-state index contributed by atoms with van der Waals surface area (Å²) in [6.07, 6.45) is 2.30. The molecule has 0 aliphatic heterocycles. The molecule has 0 amide bonds. The van der Waals surface area contributed by atoms with E-state index in [4.69, 9.17) is 5.73 Å². The number of rotatable bonds is 4. The van der Waals surface area contributed by atoms with Gasteiger partial charge < -0.3 is 5.73 Å². The van der Waals surface area contributed by atoms with E-state index in [-0.39, 0.29) is 6.04 Å². The first-order valence-corrected chi connectivity index (χ1v) is 8.28. The molecule has 0 aliphatic carbocycles. The van der Waals surface area contributed by atoms with Crippen molar-refractivity contribution in [3.63, 3.8) is 0 Å². The van der Waals surface area contributed by atoms with E-state index in [2.05, 4.69) is 87.9 Å². The highest BCUT2D eigenvalue weighted by Gasteiger charge is 2.12. The van der Waals surface area contributed by atoms with Crippen LogP contribution in [0.2, 0.25) is 0 Å². The van der Waals surface area contributed by atoms with Crippen molar-refractivity contribution < 1.29 is 0 Å². The van der Waals surface area contributed by atoms with Crippen LogP contribution in [-0.4, -0.2) is 0 Å². The van der Waals surface area contributed by atoms with Gasteiger partial charge in [0.15, 0.2) is 0 Å². The summed E-state index contributed by atoms with van der Waals surface area (Å²) in [5, 5.41) is 0. The summed E-state index contributed by atoms with van der Waals surface area (Å²) < 4.78 is 2.27. The maximum Gasteiger partial charge on any atom is 0.0563 e. The molecule has 0 fully saturated rings. The van der Waals surface area contributed by atoms with Crippen LogP contribution in [0.15, 0.2) is 46.9 Å². The lowest BCUT2D eigenvalue weighted by Gasteiger charge is -2.15. The van der Waals surface area contributed by atoms with Crippen LogP contribution in [0.3, 0.4) is 0 Å². The molecule has 1 unspecified atom stereocenters. The first kappa shape index (κ1) is 15.0. The fraction of sp³-hybridized carbons (Fsp3) is 0.250. The van der Waals surface area contributed by atoms with Crippen LogP contribution in [0.4, 0.5) is 0 Å². The fourth-order valence-electron chi connectivity index (χ4n) is 2.11. The Labute approximate surface area is 136 Å². The third kappa shape index (κ3) is 3.80. The molecule has 3 heteroatoms. The topological polar surface area (TPSA) is 26.0 Å². The zero-order chi connectivity index (χ0) is 13.8. The number of halogens is 2. The van der Waals surface area contributed by atoms with Crippen LogP contribution in [0.25, 0.3) is 0 Å². The zero-order valence-electron chi connectivity index (χ0n) is 10.9. The molecule has 0 spiro atoms. The van der Waals surface area contributed by atoms with Gasteiger partial charge in [0.05, 0.1) is 6.04 Å². The van der Waals surface area contributed by atoms with E-state index in [0.717, 1.165) is 22.0 Å². The van der Waals surface area contributed by atoms with E-state index < -0.39 is 0 Å². The predicted molar refractivity (Wildman–Crippen MR) is 93.3 cm³/mol. The normalized spacial score (nSPS) is 12.4. The molecule has 0 saturated carbocycles. The second-order valence-electron chi connectivity index (χ2n) is 4.64. The minimum Gasteiger partial charge on any atom is -0.320 e. The van der Waals surface area contributed by atoms with Gasteiger partial charge in [0, 0.05) is 8.04 Å². The number of aryl methyl sites for hydroxylation is 1. The number of nitrogens with two attached hydrogens (primary N) is 1. The maximum absolute atomic E-state index is 6.38. The summed E-state index contributed by atoms with van der Waals surface area (Å²) >= 11 is 5.90. The van der Waals surface area contributed by atoms with Crippen molar-refractivity contribution in [3.8, 4) is 0 Å². The van der Waals surface area contributed by atoms with Crippen LogP contribution >= 0.6 is 38.5 Å². The summed E-state index contributed by atoms with van der Waals surface area (Å²) in [5.74, 6) is 0. The second kappa shape index (κ2) is 6.86. The molecular formula is C16H17BrIN. The molecule has 19 heavy (non-hydrogen) atoms. The van der Waals surface area contributed by atoms with E-state index in [9.17, 15) is 0 Å². The third-order valence-corrected chi connectivity index (χ3v) is 4.56. The van der Waals surface area contributed by atoms with E-state index in [1.54, 1.807) is 0 Å². The van der Waals surface area contributed by atoms with E-state index in [0.29, 0.717) is 0 Å². The van der Waals surface area contributed by atoms with Crippen LogP contribution in [-0.2, 0) is 6.42 Å². The van der Waals surface area contributed by atoms with Gasteiger partial charge in [-0.1, -0.05) is 53.5 Å². The first-order valence-electron chi connectivity index (χ1n) is 6.41. The third-order valence-electron chi connectivity index (χ3n) is 3.17. The average Bonchev–Trinajstić information content (AvgIpc) is 2.42. The second-order valence-corrected chi connectivity index (χ2v) is 6.74. The Hall–Kier alpha value is -0.390. The first-order chi connectivity index (χ1) is 9.11. The van der Waals surface area contributed by atoms with Crippen LogP contribution in [0, 0.1) is 3.57 Å². The lowest BCUT2D eigenvalue weighted by molar-refractivity contribution is 0.859. The van der Waals surface area contributed by atoms with Crippen molar-refractivity contribution in [2.24, 2.45) is 5.73 Å². The van der Waals surface area contributed by atoms with Gasteiger partial charge in [-0.2, -0.15) is 0 Å². The van der Waals surface area contributed by atoms with Crippen molar-refractivity contribution in [3.05, 3.63) is 67.2 Å². The number of hydrogen-bond acceptors (Lipinski definition) is 1. The van der Waals surface area contributed by atoms with Gasteiger partial charge in [-0.3, -0.25) is 0 Å². The molecule has 2 N–H and O–H groups in total. The molecule has 1 nitrogen and oxygen atoms in total. The Morgan fingerprint density at radius 2 is 1.84 bits per heavy atom. The monoisotopic (exact) mass is 429 g/mol. The Morgan fingerprint density at radius 1 is 1.16 bits per heavy atom. The minimum absolute atomic E-state index is 0.0835. The summed E-state index contributed by atoms with van der Waals surface area (Å²) in [6, 6.07) is 14.8. The van der Waals surface area contributed by atoms with Crippen molar-refractivity contribution in [2.45, 2.75) is 25.8 Å². The molecule has 0 bridgehead atoms. The Morgan fingerprint density at radius 3 is 2.47 bits per heavy atom. The van der Waals surface area contributed by atoms with Gasteiger partial charge in [-0.05, 0) is 63.9 Å². The average molecular weight is 430 g/mol. The Kier molecular flexibility index (Phi) is 5.42. The molecule has 1 atom stereocenters. The molecule has 2 aromatic rings. The molecule has 2 aromatic carbocycles. The molecular weight excluding hydrogens is 413 g/mol. The summed E-state index contributed by atoms with van der Waals surface area (Å²) in [6.45, 7) is 2.20. The predicted octanol–water partition coefficient (Wildman–Crippen LogP) is 5.05. The highest BCUT2D eigenvalue weighted by molar-refractivity contribution is 14.1. The van der Waals surface area contributed by atoms with Gasteiger partial charge in [0.25, 0.3) is 0 Å². The minimum atomic E-state index is -0.0835.